The van der Waals surface area contributed by atoms with E-state index in [-0.39, 0.29) is 12.5 Å². The average molecular weight is 567 g/mol. The van der Waals surface area contributed by atoms with E-state index in [1.165, 1.54) is 0 Å². The number of benzene rings is 1. The van der Waals surface area contributed by atoms with Crippen molar-refractivity contribution in [2.75, 3.05) is 6.61 Å². The van der Waals surface area contributed by atoms with Gasteiger partial charge in [0.05, 0.1) is 9.88 Å². The Bertz CT molecular complexity index is 1190. The molecule has 7 atom stereocenters. The van der Waals surface area contributed by atoms with Crippen LogP contribution in [0.4, 0.5) is 0 Å². The SMILES string of the molecule is CCC(C)C(N)C(=O)OC[C@H]1O[C@@H](c2ccc(Cl)c(Cc3ncc(-c4ccsc4)s3)c2)[C@H](O)[C@H](O)[C@H]1O. The van der Waals surface area contributed by atoms with E-state index in [1.807, 2.05) is 31.5 Å². The van der Waals surface area contributed by atoms with Crippen molar-refractivity contribution in [3.63, 3.8) is 0 Å². The van der Waals surface area contributed by atoms with Crippen molar-refractivity contribution in [1.82, 2.24) is 4.98 Å². The summed E-state index contributed by atoms with van der Waals surface area (Å²) < 4.78 is 11.2. The second kappa shape index (κ2) is 12.3. The minimum atomic E-state index is -1.50. The van der Waals surface area contributed by atoms with E-state index < -0.39 is 42.5 Å². The predicted molar refractivity (Wildman–Crippen MR) is 144 cm³/mol. The van der Waals surface area contributed by atoms with Gasteiger partial charge in [0.1, 0.15) is 43.2 Å². The Balaban J connectivity index is 1.49. The lowest BCUT2D eigenvalue weighted by atomic mass is 9.90. The molecule has 11 heteroatoms. The van der Waals surface area contributed by atoms with Crippen molar-refractivity contribution >= 4 is 40.2 Å². The number of carbonyl (C=O) groups excluding carboxylic acids is 1. The molecule has 3 heterocycles. The number of thiazole rings is 1. The third kappa shape index (κ3) is 6.40. The van der Waals surface area contributed by atoms with Gasteiger partial charge in [-0.3, -0.25) is 4.79 Å². The van der Waals surface area contributed by atoms with Crippen LogP contribution in [0.2, 0.25) is 5.02 Å². The van der Waals surface area contributed by atoms with Crippen LogP contribution in [-0.4, -0.2) is 63.3 Å². The molecule has 1 aliphatic heterocycles. The molecule has 0 aliphatic carbocycles. The fourth-order valence-corrected chi connectivity index (χ4v) is 5.96. The molecule has 5 N–H and O–H groups in total. The molecule has 37 heavy (non-hydrogen) atoms. The Hall–Kier alpha value is -1.89. The number of aliphatic hydroxyl groups is 3. The molecular weight excluding hydrogens is 536 g/mol. The highest BCUT2D eigenvalue weighted by atomic mass is 35.5. The first kappa shape index (κ1) is 28.1. The van der Waals surface area contributed by atoms with E-state index in [0.717, 1.165) is 21.0 Å². The van der Waals surface area contributed by atoms with Gasteiger partial charge < -0.3 is 30.5 Å². The second-order valence-corrected chi connectivity index (χ2v) is 11.6. The summed E-state index contributed by atoms with van der Waals surface area (Å²) >= 11 is 9.68. The first-order valence-electron chi connectivity index (χ1n) is 12.1. The normalized spacial score (nSPS) is 25.5. The summed E-state index contributed by atoms with van der Waals surface area (Å²) in [6.07, 6.45) is -3.35. The number of hydrogen-bond acceptors (Lipinski definition) is 10. The molecule has 1 saturated heterocycles. The van der Waals surface area contributed by atoms with Crippen molar-refractivity contribution in [1.29, 1.82) is 0 Å². The summed E-state index contributed by atoms with van der Waals surface area (Å²) in [4.78, 5) is 17.9. The van der Waals surface area contributed by atoms with Gasteiger partial charge in [-0.1, -0.05) is 44.0 Å². The smallest absolute Gasteiger partial charge is 0.323 e. The summed E-state index contributed by atoms with van der Waals surface area (Å²) in [5, 5.41) is 37.2. The molecule has 0 radical (unpaired) electrons. The maximum Gasteiger partial charge on any atom is 0.323 e. The van der Waals surface area contributed by atoms with Crippen LogP contribution in [0, 0.1) is 5.92 Å². The van der Waals surface area contributed by atoms with Crippen LogP contribution >= 0.6 is 34.3 Å². The van der Waals surface area contributed by atoms with Crippen molar-refractivity contribution in [3.05, 3.63) is 62.4 Å². The quantitative estimate of drug-likeness (QED) is 0.289. The summed E-state index contributed by atoms with van der Waals surface area (Å²) in [5.41, 5.74) is 8.40. The molecule has 3 aromatic rings. The first-order valence-corrected chi connectivity index (χ1v) is 14.2. The van der Waals surface area contributed by atoms with E-state index in [0.29, 0.717) is 23.4 Å². The highest BCUT2D eigenvalue weighted by molar-refractivity contribution is 7.15. The van der Waals surface area contributed by atoms with Gasteiger partial charge in [0.2, 0.25) is 0 Å². The Kier molecular flexibility index (Phi) is 9.36. The molecule has 8 nitrogen and oxygen atoms in total. The fraction of sp³-hybridized carbons (Fsp3) is 0.462. The van der Waals surface area contributed by atoms with E-state index in [4.69, 9.17) is 26.8 Å². The van der Waals surface area contributed by atoms with Gasteiger partial charge in [0.25, 0.3) is 0 Å². The zero-order valence-electron chi connectivity index (χ0n) is 20.5. The van der Waals surface area contributed by atoms with Crippen LogP contribution in [0.5, 0.6) is 0 Å². The van der Waals surface area contributed by atoms with Gasteiger partial charge in [-0.2, -0.15) is 11.3 Å². The average Bonchev–Trinajstić information content (AvgIpc) is 3.59. The van der Waals surface area contributed by atoms with Gasteiger partial charge in [-0.05, 0) is 39.9 Å². The van der Waals surface area contributed by atoms with Crippen molar-refractivity contribution in [2.45, 2.75) is 63.3 Å². The van der Waals surface area contributed by atoms with E-state index in [2.05, 4.69) is 10.4 Å². The Labute approximate surface area is 228 Å². The van der Waals surface area contributed by atoms with Crippen LogP contribution in [0.25, 0.3) is 10.4 Å². The number of thiophene rings is 1. The largest absolute Gasteiger partial charge is 0.462 e. The van der Waals surface area contributed by atoms with Crippen LogP contribution in [0.15, 0.2) is 41.2 Å². The molecule has 1 fully saturated rings. The first-order chi connectivity index (χ1) is 17.7. The van der Waals surface area contributed by atoms with Crippen LogP contribution in [0.3, 0.4) is 0 Å². The van der Waals surface area contributed by atoms with Crippen molar-refractivity contribution < 1.29 is 29.6 Å². The zero-order chi connectivity index (χ0) is 26.7. The number of ether oxygens (including phenoxy) is 2. The number of aliphatic hydroxyl groups excluding tert-OH is 3. The maximum atomic E-state index is 12.3. The number of hydrogen-bond donors (Lipinski definition) is 4. The third-order valence-corrected chi connectivity index (χ3v) is 8.83. The number of halogens is 1. The molecule has 2 unspecified atom stereocenters. The van der Waals surface area contributed by atoms with Crippen LogP contribution in [0.1, 0.15) is 42.5 Å². The molecule has 0 saturated carbocycles. The lowest BCUT2D eigenvalue weighted by Crippen LogP contribution is -2.56. The summed E-state index contributed by atoms with van der Waals surface area (Å²) in [7, 11) is 0. The molecule has 2 aromatic heterocycles. The van der Waals surface area contributed by atoms with E-state index in [1.54, 1.807) is 40.9 Å². The van der Waals surface area contributed by atoms with Crippen LogP contribution < -0.4 is 5.73 Å². The van der Waals surface area contributed by atoms with Crippen molar-refractivity contribution in [3.8, 4) is 10.4 Å². The molecule has 0 amide bonds. The van der Waals surface area contributed by atoms with Gasteiger partial charge in [-0.15, -0.1) is 11.3 Å². The predicted octanol–water partition coefficient (Wildman–Crippen LogP) is 3.56. The van der Waals surface area contributed by atoms with Gasteiger partial charge in [0, 0.05) is 23.2 Å². The molecule has 0 bridgehead atoms. The summed E-state index contributed by atoms with van der Waals surface area (Å²) in [6, 6.07) is 6.44. The minimum Gasteiger partial charge on any atom is -0.462 e. The van der Waals surface area contributed by atoms with Gasteiger partial charge >= 0.3 is 5.97 Å². The fourth-order valence-electron chi connectivity index (χ4n) is 4.11. The lowest BCUT2D eigenvalue weighted by Gasteiger charge is -2.40. The molecule has 1 aliphatic rings. The molecule has 200 valence electrons. The lowest BCUT2D eigenvalue weighted by molar-refractivity contribution is -0.234. The van der Waals surface area contributed by atoms with Crippen molar-refractivity contribution in [2.24, 2.45) is 11.7 Å². The minimum absolute atomic E-state index is 0.0727. The molecular formula is C26H31ClN2O6S2. The number of aromatic nitrogens is 1. The van der Waals surface area contributed by atoms with Gasteiger partial charge in [-0.25, -0.2) is 4.98 Å². The number of rotatable bonds is 9. The summed E-state index contributed by atoms with van der Waals surface area (Å²) in [5.74, 6) is -0.683. The maximum absolute atomic E-state index is 12.3. The molecule has 1 aromatic carbocycles. The second-order valence-electron chi connectivity index (χ2n) is 9.27. The van der Waals surface area contributed by atoms with E-state index in [9.17, 15) is 20.1 Å². The molecule has 0 spiro atoms. The highest BCUT2D eigenvalue weighted by Gasteiger charge is 2.45. The summed E-state index contributed by atoms with van der Waals surface area (Å²) in [6.45, 7) is 3.46. The van der Waals surface area contributed by atoms with Gasteiger partial charge in [0.15, 0.2) is 0 Å². The third-order valence-electron chi connectivity index (χ3n) is 6.73. The van der Waals surface area contributed by atoms with Crippen LogP contribution in [-0.2, 0) is 20.7 Å². The molecule has 4 rings (SSSR count). The Morgan fingerprint density at radius 3 is 2.73 bits per heavy atom. The topological polar surface area (TPSA) is 135 Å². The highest BCUT2D eigenvalue weighted by Crippen LogP contribution is 2.35. The number of nitrogens with two attached hydrogens (primary N) is 1. The standard InChI is InChI=1S/C26H31ClN2O6S2/c1-3-13(2)21(28)26(33)34-11-18-22(30)23(31)24(32)25(35-18)14-4-5-17(27)16(8-14)9-20-29-10-19(37-20)15-6-7-36-12-15/h4-8,10,12-13,18,21-25,30-32H,3,9,11,28H2,1-2H3/t13?,18-,21?,22+,23-,24-,25+/m1/s1. The number of esters is 1. The Morgan fingerprint density at radius 1 is 1.24 bits per heavy atom. The zero-order valence-corrected chi connectivity index (χ0v) is 22.9. The van der Waals surface area contributed by atoms with E-state index >= 15 is 0 Å². The number of nitrogens with zero attached hydrogens (tertiary/aromatic N) is 1. The monoisotopic (exact) mass is 566 g/mol. The number of carbonyl (C=O) groups is 1. The Morgan fingerprint density at radius 2 is 2.03 bits per heavy atom.